The maximum Gasteiger partial charge on any atom is 0.224 e. The maximum absolute atomic E-state index is 5.42. The molecule has 1 unspecified atom stereocenters. The molecular formula is C12H19BrN4O. The van der Waals surface area contributed by atoms with Crippen LogP contribution in [0.4, 0.5) is 11.8 Å². The van der Waals surface area contributed by atoms with E-state index in [4.69, 9.17) is 4.74 Å². The summed E-state index contributed by atoms with van der Waals surface area (Å²) in [6.45, 7) is 4.61. The van der Waals surface area contributed by atoms with Crippen LogP contribution in [0, 0.1) is 0 Å². The summed E-state index contributed by atoms with van der Waals surface area (Å²) in [6, 6.07) is 0.398. The lowest BCUT2D eigenvalue weighted by molar-refractivity contribution is 0.193. The van der Waals surface area contributed by atoms with Crippen molar-refractivity contribution in [2.75, 3.05) is 37.0 Å². The van der Waals surface area contributed by atoms with Gasteiger partial charge >= 0.3 is 0 Å². The highest BCUT2D eigenvalue weighted by molar-refractivity contribution is 9.10. The quantitative estimate of drug-likeness (QED) is 0.903. The largest absolute Gasteiger partial charge is 0.379 e. The van der Waals surface area contributed by atoms with Crippen molar-refractivity contribution in [3.8, 4) is 0 Å². The number of anilines is 2. The van der Waals surface area contributed by atoms with Crippen LogP contribution in [0.15, 0.2) is 10.7 Å². The normalized spacial score (nSPS) is 18.9. The van der Waals surface area contributed by atoms with Crippen LogP contribution in [0.3, 0.4) is 0 Å². The number of halogens is 1. The fourth-order valence-electron chi connectivity index (χ4n) is 1.93. The Bertz CT molecular complexity index is 396. The number of nitrogens with one attached hydrogen (secondary N) is 1. The monoisotopic (exact) mass is 314 g/mol. The van der Waals surface area contributed by atoms with Crippen LogP contribution in [0.2, 0.25) is 0 Å². The van der Waals surface area contributed by atoms with Gasteiger partial charge in [0.15, 0.2) is 0 Å². The highest BCUT2D eigenvalue weighted by Gasteiger charge is 2.23. The molecule has 1 atom stereocenters. The second-order valence-electron chi connectivity index (χ2n) is 4.42. The Morgan fingerprint density at radius 1 is 1.61 bits per heavy atom. The third-order valence-corrected chi connectivity index (χ3v) is 3.61. The topological polar surface area (TPSA) is 50.3 Å². The number of ether oxygens (including phenoxy) is 1. The van der Waals surface area contributed by atoms with E-state index in [1.54, 1.807) is 6.20 Å². The minimum atomic E-state index is 0.398. The van der Waals surface area contributed by atoms with Crippen molar-refractivity contribution in [1.29, 1.82) is 0 Å². The van der Waals surface area contributed by atoms with E-state index in [-0.39, 0.29) is 0 Å². The third-order valence-electron chi connectivity index (χ3n) is 3.05. The summed E-state index contributed by atoms with van der Waals surface area (Å²) >= 11 is 3.51. The van der Waals surface area contributed by atoms with Gasteiger partial charge < -0.3 is 15.0 Å². The Kier molecular flexibility index (Phi) is 4.77. The first kappa shape index (κ1) is 13.5. The van der Waals surface area contributed by atoms with Crippen LogP contribution >= 0.6 is 15.9 Å². The van der Waals surface area contributed by atoms with Crippen molar-refractivity contribution in [1.82, 2.24) is 9.97 Å². The van der Waals surface area contributed by atoms with Gasteiger partial charge in [-0.2, -0.15) is 4.98 Å². The lowest BCUT2D eigenvalue weighted by Gasteiger charge is -2.25. The van der Waals surface area contributed by atoms with Crippen LogP contribution < -0.4 is 10.2 Å². The van der Waals surface area contributed by atoms with E-state index in [1.807, 2.05) is 0 Å². The van der Waals surface area contributed by atoms with E-state index in [0.29, 0.717) is 12.0 Å². The number of nitrogens with zero attached hydrogens (tertiary/aromatic N) is 3. The van der Waals surface area contributed by atoms with Gasteiger partial charge in [0.2, 0.25) is 5.95 Å². The molecule has 0 radical (unpaired) electrons. The molecule has 18 heavy (non-hydrogen) atoms. The summed E-state index contributed by atoms with van der Waals surface area (Å²) in [6.07, 6.45) is 3.90. The number of aromatic nitrogens is 2. The molecule has 2 rings (SSSR count). The zero-order chi connectivity index (χ0) is 13.0. The number of rotatable bonds is 5. The smallest absolute Gasteiger partial charge is 0.224 e. The Morgan fingerprint density at radius 3 is 3.11 bits per heavy atom. The molecule has 0 saturated carbocycles. The highest BCUT2D eigenvalue weighted by Crippen LogP contribution is 2.26. The highest BCUT2D eigenvalue weighted by atomic mass is 79.9. The SMILES string of the molecule is CCCNc1ncc(Br)c(N(C)C2CCOC2)n1. The van der Waals surface area contributed by atoms with Gasteiger partial charge in [-0.05, 0) is 28.8 Å². The predicted molar refractivity (Wildman–Crippen MR) is 76.1 cm³/mol. The Balaban J connectivity index is 2.14. The molecule has 1 aliphatic heterocycles. The van der Waals surface area contributed by atoms with E-state index < -0.39 is 0 Å². The zero-order valence-corrected chi connectivity index (χ0v) is 12.4. The zero-order valence-electron chi connectivity index (χ0n) is 10.8. The van der Waals surface area contributed by atoms with Crippen LogP contribution in [0.25, 0.3) is 0 Å². The molecule has 1 aromatic rings. The first-order valence-electron chi connectivity index (χ1n) is 6.29. The first-order chi connectivity index (χ1) is 8.72. The third kappa shape index (κ3) is 3.11. The van der Waals surface area contributed by atoms with Crippen LogP contribution in [-0.4, -0.2) is 42.8 Å². The lowest BCUT2D eigenvalue weighted by atomic mass is 10.2. The van der Waals surface area contributed by atoms with Crippen molar-refractivity contribution in [2.24, 2.45) is 0 Å². The molecule has 1 saturated heterocycles. The molecule has 1 aromatic heterocycles. The Morgan fingerprint density at radius 2 is 2.44 bits per heavy atom. The lowest BCUT2D eigenvalue weighted by Crippen LogP contribution is -2.33. The van der Waals surface area contributed by atoms with Gasteiger partial charge in [-0.3, -0.25) is 0 Å². The van der Waals surface area contributed by atoms with Gasteiger partial charge in [0.05, 0.1) is 17.1 Å². The van der Waals surface area contributed by atoms with Gasteiger partial charge in [-0.1, -0.05) is 6.92 Å². The molecule has 5 nitrogen and oxygen atoms in total. The average molecular weight is 315 g/mol. The fourth-order valence-corrected chi connectivity index (χ4v) is 2.40. The Labute approximate surface area is 116 Å². The summed E-state index contributed by atoms with van der Waals surface area (Å²) in [4.78, 5) is 11.0. The summed E-state index contributed by atoms with van der Waals surface area (Å²) < 4.78 is 6.33. The standard InChI is InChI=1S/C12H19BrN4O/c1-3-5-14-12-15-7-10(13)11(16-12)17(2)9-4-6-18-8-9/h7,9H,3-6,8H2,1-2H3,(H,14,15,16). The van der Waals surface area contributed by atoms with Crippen molar-refractivity contribution in [3.63, 3.8) is 0 Å². The molecule has 2 heterocycles. The molecule has 0 amide bonds. The predicted octanol–water partition coefficient (Wildman–Crippen LogP) is 2.29. The molecule has 0 aromatic carbocycles. The fraction of sp³-hybridized carbons (Fsp3) is 0.667. The van der Waals surface area contributed by atoms with Crippen molar-refractivity contribution in [2.45, 2.75) is 25.8 Å². The van der Waals surface area contributed by atoms with Crippen LogP contribution in [-0.2, 0) is 4.74 Å². The minimum Gasteiger partial charge on any atom is -0.379 e. The summed E-state index contributed by atoms with van der Waals surface area (Å²) in [5.74, 6) is 1.60. The number of likely N-dealkylation sites (N-methyl/N-ethyl adjacent to an activating group) is 1. The molecule has 0 spiro atoms. The van der Waals surface area contributed by atoms with Gasteiger partial charge in [-0.15, -0.1) is 0 Å². The average Bonchev–Trinajstić information content (AvgIpc) is 2.91. The van der Waals surface area contributed by atoms with Gasteiger partial charge in [0.25, 0.3) is 0 Å². The second kappa shape index (κ2) is 6.33. The first-order valence-corrected chi connectivity index (χ1v) is 7.08. The van der Waals surface area contributed by atoms with Crippen LogP contribution in [0.1, 0.15) is 19.8 Å². The number of hydrogen-bond acceptors (Lipinski definition) is 5. The van der Waals surface area contributed by atoms with Crippen molar-refractivity contribution >= 4 is 27.7 Å². The van der Waals surface area contributed by atoms with Gasteiger partial charge in [0, 0.05) is 26.4 Å². The maximum atomic E-state index is 5.42. The molecule has 1 N–H and O–H groups in total. The van der Waals surface area contributed by atoms with E-state index in [1.165, 1.54) is 0 Å². The molecular weight excluding hydrogens is 296 g/mol. The van der Waals surface area contributed by atoms with E-state index >= 15 is 0 Å². The van der Waals surface area contributed by atoms with Crippen molar-refractivity contribution < 1.29 is 4.74 Å². The van der Waals surface area contributed by atoms with Crippen LogP contribution in [0.5, 0.6) is 0 Å². The molecule has 0 bridgehead atoms. The van der Waals surface area contributed by atoms with E-state index in [2.05, 4.69) is 50.1 Å². The molecule has 0 aliphatic carbocycles. The molecule has 1 aliphatic rings. The van der Waals surface area contributed by atoms with Gasteiger partial charge in [-0.25, -0.2) is 4.98 Å². The second-order valence-corrected chi connectivity index (χ2v) is 5.27. The minimum absolute atomic E-state index is 0.398. The van der Waals surface area contributed by atoms with E-state index in [9.17, 15) is 0 Å². The summed E-state index contributed by atoms with van der Waals surface area (Å²) in [7, 11) is 2.05. The van der Waals surface area contributed by atoms with Crippen molar-refractivity contribution in [3.05, 3.63) is 10.7 Å². The summed E-state index contributed by atoms with van der Waals surface area (Å²) in [5.41, 5.74) is 0. The van der Waals surface area contributed by atoms with E-state index in [0.717, 1.165) is 42.9 Å². The van der Waals surface area contributed by atoms with Gasteiger partial charge in [0.1, 0.15) is 5.82 Å². The molecule has 6 heteroatoms. The summed E-state index contributed by atoms with van der Waals surface area (Å²) in [5, 5.41) is 3.21. The molecule has 100 valence electrons. The number of hydrogen-bond donors (Lipinski definition) is 1. The molecule has 1 fully saturated rings. The Hall–Kier alpha value is -0.880.